The Morgan fingerprint density at radius 3 is 2.84 bits per heavy atom. The Morgan fingerprint density at radius 2 is 2.12 bits per heavy atom. The van der Waals surface area contributed by atoms with E-state index in [0.29, 0.717) is 38.3 Å². The van der Waals surface area contributed by atoms with Gasteiger partial charge in [-0.25, -0.2) is 8.42 Å². The molecular formula is C17H23N3O4S. The molecule has 4 rings (SSSR count). The molecule has 25 heavy (non-hydrogen) atoms. The molecule has 1 spiro atoms. The van der Waals surface area contributed by atoms with E-state index in [2.05, 4.69) is 5.32 Å². The van der Waals surface area contributed by atoms with E-state index in [4.69, 9.17) is 10.5 Å². The van der Waals surface area contributed by atoms with E-state index in [0.717, 1.165) is 19.3 Å². The highest BCUT2D eigenvalue weighted by atomic mass is 32.2. The van der Waals surface area contributed by atoms with Crippen molar-refractivity contribution in [3.8, 4) is 5.75 Å². The highest BCUT2D eigenvalue weighted by molar-refractivity contribution is 7.89. The predicted octanol–water partition coefficient (Wildman–Crippen LogP) is 0.843. The summed E-state index contributed by atoms with van der Waals surface area (Å²) in [6.45, 7) is 1.21. The van der Waals surface area contributed by atoms with E-state index in [9.17, 15) is 13.2 Å². The molecule has 1 saturated heterocycles. The lowest BCUT2D eigenvalue weighted by molar-refractivity contribution is 0.0412. The molecule has 2 fully saturated rings. The first-order valence-corrected chi connectivity index (χ1v) is 10.2. The smallest absolute Gasteiger partial charge is 0.255 e. The third-order valence-corrected chi connectivity index (χ3v) is 7.59. The summed E-state index contributed by atoms with van der Waals surface area (Å²) in [6, 6.07) is 4.61. The Kier molecular flexibility index (Phi) is 4.01. The maximum Gasteiger partial charge on any atom is 0.255 e. The van der Waals surface area contributed by atoms with Crippen molar-refractivity contribution < 1.29 is 17.9 Å². The number of benzene rings is 1. The zero-order chi connectivity index (χ0) is 17.7. The summed E-state index contributed by atoms with van der Waals surface area (Å²) >= 11 is 0. The first-order chi connectivity index (χ1) is 11.9. The topological polar surface area (TPSA) is 102 Å². The second-order valence-electron chi connectivity index (χ2n) is 7.17. The summed E-state index contributed by atoms with van der Waals surface area (Å²) in [4.78, 5) is 12.3. The first-order valence-electron chi connectivity index (χ1n) is 8.76. The normalized spacial score (nSPS) is 26.1. The van der Waals surface area contributed by atoms with Crippen LogP contribution in [0, 0.1) is 0 Å². The molecule has 1 unspecified atom stereocenters. The van der Waals surface area contributed by atoms with Crippen LogP contribution in [0.4, 0.5) is 0 Å². The number of hydrogen-bond donors (Lipinski definition) is 2. The van der Waals surface area contributed by atoms with Crippen LogP contribution >= 0.6 is 0 Å². The number of nitrogens with zero attached hydrogens (tertiary/aromatic N) is 1. The van der Waals surface area contributed by atoms with Gasteiger partial charge in [0.1, 0.15) is 12.4 Å². The third-order valence-electron chi connectivity index (χ3n) is 5.59. The van der Waals surface area contributed by atoms with Crippen LogP contribution in [-0.2, 0) is 10.0 Å². The molecule has 3 aliphatic rings. The van der Waals surface area contributed by atoms with Gasteiger partial charge in [0.25, 0.3) is 5.91 Å². The second kappa shape index (κ2) is 5.96. The molecule has 1 saturated carbocycles. The average molecular weight is 365 g/mol. The van der Waals surface area contributed by atoms with Crippen molar-refractivity contribution in [2.45, 2.75) is 48.6 Å². The fourth-order valence-electron chi connectivity index (χ4n) is 4.15. The van der Waals surface area contributed by atoms with Crippen LogP contribution in [0.2, 0.25) is 0 Å². The number of hydrogen-bond acceptors (Lipinski definition) is 5. The van der Waals surface area contributed by atoms with Crippen LogP contribution in [-0.4, -0.2) is 49.9 Å². The highest BCUT2D eigenvalue weighted by Gasteiger charge is 2.51. The van der Waals surface area contributed by atoms with Gasteiger partial charge < -0.3 is 15.8 Å². The van der Waals surface area contributed by atoms with Crippen LogP contribution in [0.15, 0.2) is 23.1 Å². The monoisotopic (exact) mass is 365 g/mol. The molecule has 1 aliphatic carbocycles. The zero-order valence-electron chi connectivity index (χ0n) is 14.0. The van der Waals surface area contributed by atoms with Crippen molar-refractivity contribution in [2.75, 3.05) is 19.7 Å². The quantitative estimate of drug-likeness (QED) is 0.809. The van der Waals surface area contributed by atoms with Crippen molar-refractivity contribution in [2.24, 2.45) is 5.73 Å². The summed E-state index contributed by atoms with van der Waals surface area (Å²) < 4.78 is 33.7. The van der Waals surface area contributed by atoms with Gasteiger partial charge in [0.05, 0.1) is 17.0 Å². The summed E-state index contributed by atoms with van der Waals surface area (Å²) in [7, 11) is -3.68. The molecular weight excluding hydrogens is 342 g/mol. The number of nitrogens with one attached hydrogen (secondary N) is 1. The van der Waals surface area contributed by atoms with Gasteiger partial charge in [0.2, 0.25) is 10.0 Å². The number of nitrogens with two attached hydrogens (primary N) is 1. The van der Waals surface area contributed by atoms with E-state index in [1.54, 1.807) is 10.4 Å². The molecule has 1 amide bonds. The minimum absolute atomic E-state index is 0.0537. The lowest BCUT2D eigenvalue weighted by Gasteiger charge is -2.53. The van der Waals surface area contributed by atoms with Gasteiger partial charge in [-0.2, -0.15) is 4.31 Å². The number of rotatable bonds is 2. The number of carbonyl (C=O) groups excluding carboxylic acids is 1. The summed E-state index contributed by atoms with van der Waals surface area (Å²) in [5.74, 6) is 0.122. The fourth-order valence-corrected chi connectivity index (χ4v) is 6.02. The number of piperidine rings is 1. The van der Waals surface area contributed by atoms with Gasteiger partial charge in [-0.1, -0.05) is 0 Å². The molecule has 1 aromatic carbocycles. The van der Waals surface area contributed by atoms with Crippen molar-refractivity contribution in [3.63, 3.8) is 0 Å². The van der Waals surface area contributed by atoms with Gasteiger partial charge in [-0.05, 0) is 50.3 Å². The molecule has 2 aliphatic heterocycles. The van der Waals surface area contributed by atoms with E-state index in [1.165, 1.54) is 12.1 Å². The first kappa shape index (κ1) is 16.8. The van der Waals surface area contributed by atoms with Crippen LogP contribution in [0.1, 0.15) is 42.5 Å². The Hall–Kier alpha value is -1.64. The summed E-state index contributed by atoms with van der Waals surface area (Å²) in [5, 5.41) is 2.71. The maximum absolute atomic E-state index is 13.3. The molecule has 7 nitrogen and oxygen atoms in total. The molecule has 0 radical (unpaired) electrons. The number of fused-ring (bicyclic) bond motifs is 1. The number of carbonyl (C=O) groups is 1. The van der Waals surface area contributed by atoms with Gasteiger partial charge in [-0.3, -0.25) is 4.79 Å². The average Bonchev–Trinajstić information content (AvgIpc) is 2.74. The third kappa shape index (κ3) is 2.72. The van der Waals surface area contributed by atoms with Crippen molar-refractivity contribution >= 4 is 15.9 Å². The van der Waals surface area contributed by atoms with Crippen LogP contribution in [0.3, 0.4) is 0 Å². The minimum atomic E-state index is -3.68. The number of sulfonamides is 1. The van der Waals surface area contributed by atoms with Crippen molar-refractivity contribution in [1.82, 2.24) is 9.62 Å². The van der Waals surface area contributed by atoms with Crippen LogP contribution < -0.4 is 15.8 Å². The molecule has 1 atom stereocenters. The van der Waals surface area contributed by atoms with Gasteiger partial charge >= 0.3 is 0 Å². The lowest BCUT2D eigenvalue weighted by atomic mass is 9.70. The van der Waals surface area contributed by atoms with Crippen molar-refractivity contribution in [3.05, 3.63) is 23.8 Å². The highest BCUT2D eigenvalue weighted by Crippen LogP contribution is 2.46. The molecule has 3 N–H and O–H groups in total. The number of amides is 1. The van der Waals surface area contributed by atoms with Crippen molar-refractivity contribution in [1.29, 1.82) is 0 Å². The molecule has 1 aromatic rings. The largest absolute Gasteiger partial charge is 0.491 e. The SMILES string of the molecule is NC1CCN(S(=O)(=O)c2ccc3c(c2)C(=O)NCCO3)C2(CCC2)C1. The molecule has 136 valence electrons. The van der Waals surface area contributed by atoms with E-state index >= 15 is 0 Å². The Labute approximate surface area is 147 Å². The maximum atomic E-state index is 13.3. The molecule has 8 heteroatoms. The lowest BCUT2D eigenvalue weighted by Crippen LogP contribution is -2.62. The van der Waals surface area contributed by atoms with Gasteiger partial charge in [0, 0.05) is 18.1 Å². The summed E-state index contributed by atoms with van der Waals surface area (Å²) in [5.41, 5.74) is 6.03. The predicted molar refractivity (Wildman–Crippen MR) is 92.0 cm³/mol. The minimum Gasteiger partial charge on any atom is -0.491 e. The van der Waals surface area contributed by atoms with E-state index in [1.807, 2.05) is 0 Å². The number of ether oxygens (including phenoxy) is 1. The molecule has 0 aromatic heterocycles. The summed E-state index contributed by atoms with van der Waals surface area (Å²) in [6.07, 6.45) is 4.11. The van der Waals surface area contributed by atoms with Crippen LogP contribution in [0.25, 0.3) is 0 Å². The fraction of sp³-hybridized carbons (Fsp3) is 0.588. The molecule has 0 bridgehead atoms. The standard InChI is InChI=1S/C17H23N3O4S/c18-12-4-8-20(17(11-12)5-1-6-17)25(22,23)13-2-3-15-14(10-13)16(21)19-7-9-24-15/h2-3,10,12H,1,4-9,11,18H2,(H,19,21). The Bertz CT molecular complexity index is 804. The Morgan fingerprint density at radius 1 is 1.32 bits per heavy atom. The molecule has 2 heterocycles. The Balaban J connectivity index is 1.72. The van der Waals surface area contributed by atoms with Crippen LogP contribution in [0.5, 0.6) is 5.75 Å². The van der Waals surface area contributed by atoms with E-state index in [-0.39, 0.29) is 27.9 Å². The van der Waals surface area contributed by atoms with Gasteiger partial charge in [-0.15, -0.1) is 0 Å². The van der Waals surface area contributed by atoms with Gasteiger partial charge in [0.15, 0.2) is 0 Å². The second-order valence-corrected chi connectivity index (χ2v) is 9.03. The zero-order valence-corrected chi connectivity index (χ0v) is 14.8. The van der Waals surface area contributed by atoms with E-state index < -0.39 is 10.0 Å².